The molecule has 0 fully saturated rings. The van der Waals surface area contributed by atoms with Gasteiger partial charge in [0.2, 0.25) is 5.91 Å². The summed E-state index contributed by atoms with van der Waals surface area (Å²) in [5.41, 5.74) is 2.04. The van der Waals surface area contributed by atoms with Crippen LogP contribution in [-0.4, -0.2) is 44.5 Å². The van der Waals surface area contributed by atoms with Crippen molar-refractivity contribution in [1.29, 1.82) is 0 Å². The Hall–Kier alpha value is -1.88. The topological polar surface area (TPSA) is 58.6 Å². The molecule has 1 aromatic carbocycles. The van der Waals surface area contributed by atoms with E-state index in [1.54, 1.807) is 7.05 Å². The maximum Gasteiger partial charge on any atom is 0.309 e. The number of rotatable bonds is 7. The van der Waals surface area contributed by atoms with Crippen molar-refractivity contribution < 1.29 is 14.3 Å². The van der Waals surface area contributed by atoms with E-state index in [0.29, 0.717) is 13.1 Å². The van der Waals surface area contributed by atoms with E-state index in [1.807, 2.05) is 38.2 Å². The number of nitrogens with one attached hydrogen (secondary N) is 1. The number of methoxy groups -OCH3 is 1. The minimum Gasteiger partial charge on any atom is -0.469 e. The Morgan fingerprint density at radius 3 is 2.48 bits per heavy atom. The first-order valence-electron chi connectivity index (χ1n) is 7.01. The van der Waals surface area contributed by atoms with Gasteiger partial charge in [-0.05, 0) is 18.2 Å². The van der Waals surface area contributed by atoms with Crippen LogP contribution in [0.5, 0.6) is 0 Å². The van der Waals surface area contributed by atoms with Crippen LogP contribution in [0, 0.1) is 5.92 Å². The van der Waals surface area contributed by atoms with Gasteiger partial charge in [0.15, 0.2) is 0 Å². The van der Waals surface area contributed by atoms with Crippen molar-refractivity contribution in [2.45, 2.75) is 19.9 Å². The monoisotopic (exact) mass is 292 g/mol. The average molecular weight is 292 g/mol. The summed E-state index contributed by atoms with van der Waals surface area (Å²) in [6.45, 7) is 3.25. The maximum atomic E-state index is 11.6. The van der Waals surface area contributed by atoms with Crippen molar-refractivity contribution in [3.63, 3.8) is 0 Å². The molecule has 0 saturated heterocycles. The lowest BCUT2D eigenvalue weighted by Crippen LogP contribution is -2.34. The van der Waals surface area contributed by atoms with Crippen molar-refractivity contribution in [3.8, 4) is 0 Å². The Kier molecular flexibility index (Phi) is 6.88. The van der Waals surface area contributed by atoms with Gasteiger partial charge < -0.3 is 15.0 Å². The fourth-order valence-electron chi connectivity index (χ4n) is 2.26. The van der Waals surface area contributed by atoms with Gasteiger partial charge in [0.25, 0.3) is 0 Å². The zero-order valence-electron chi connectivity index (χ0n) is 13.2. The van der Waals surface area contributed by atoms with Crippen molar-refractivity contribution in [2.24, 2.45) is 5.92 Å². The number of hydrogen-bond acceptors (Lipinski definition) is 4. The predicted molar refractivity (Wildman–Crippen MR) is 81.7 cm³/mol. The molecule has 5 nitrogen and oxygen atoms in total. The van der Waals surface area contributed by atoms with E-state index >= 15 is 0 Å². The molecule has 1 amide bonds. The Morgan fingerprint density at radius 1 is 1.29 bits per heavy atom. The smallest absolute Gasteiger partial charge is 0.309 e. The summed E-state index contributed by atoms with van der Waals surface area (Å²) in [4.78, 5) is 25.1. The third kappa shape index (κ3) is 5.55. The van der Waals surface area contributed by atoms with Gasteiger partial charge in [-0.15, -0.1) is 0 Å². The number of ether oxygens (including phenoxy) is 1. The van der Waals surface area contributed by atoms with Gasteiger partial charge in [-0.25, -0.2) is 0 Å². The van der Waals surface area contributed by atoms with Gasteiger partial charge in [-0.1, -0.05) is 31.2 Å². The number of hydrogen-bond donors (Lipinski definition) is 1. The van der Waals surface area contributed by atoms with Crippen molar-refractivity contribution in [2.75, 3.05) is 27.7 Å². The molecule has 0 aromatic heterocycles. The molecule has 1 unspecified atom stereocenters. The van der Waals surface area contributed by atoms with E-state index in [1.165, 1.54) is 7.11 Å². The molecule has 0 spiro atoms. The van der Waals surface area contributed by atoms with E-state index in [4.69, 9.17) is 4.74 Å². The summed E-state index contributed by atoms with van der Waals surface area (Å²) in [5.74, 6) is -0.290. The molecule has 0 heterocycles. The molecule has 0 bridgehead atoms. The third-order valence-corrected chi connectivity index (χ3v) is 3.40. The molecule has 116 valence electrons. The number of benzene rings is 1. The normalized spacial score (nSPS) is 12.0. The van der Waals surface area contributed by atoms with Gasteiger partial charge in [-0.3, -0.25) is 9.59 Å². The van der Waals surface area contributed by atoms with Gasteiger partial charge >= 0.3 is 5.97 Å². The van der Waals surface area contributed by atoms with Crippen LogP contribution >= 0.6 is 0 Å². The van der Waals surface area contributed by atoms with Crippen LogP contribution in [0.4, 0.5) is 0 Å². The summed E-state index contributed by atoms with van der Waals surface area (Å²) in [5, 5.41) is 2.65. The highest BCUT2D eigenvalue weighted by molar-refractivity contribution is 5.78. The molecule has 1 N–H and O–H groups in total. The molecule has 0 saturated carbocycles. The molecule has 1 rings (SSSR count). The minimum absolute atomic E-state index is 0.0321. The summed E-state index contributed by atoms with van der Waals surface area (Å²) in [7, 11) is 5.00. The SMILES string of the molecule is CNC(=O)C(C)CN(C)Cc1ccccc1CC(=O)OC. The quantitative estimate of drug-likeness (QED) is 0.768. The number of carbonyl (C=O) groups excluding carboxylic acids is 2. The summed E-state index contributed by atoms with van der Waals surface area (Å²) in [6.07, 6.45) is 0.269. The van der Waals surface area contributed by atoms with Crippen LogP contribution in [0.2, 0.25) is 0 Å². The number of nitrogens with zero attached hydrogens (tertiary/aromatic N) is 1. The zero-order valence-corrected chi connectivity index (χ0v) is 13.2. The van der Waals surface area contributed by atoms with E-state index in [2.05, 4.69) is 10.2 Å². The summed E-state index contributed by atoms with van der Waals surface area (Å²) in [6, 6.07) is 7.79. The second kappa shape index (κ2) is 8.42. The maximum absolute atomic E-state index is 11.6. The highest BCUT2D eigenvalue weighted by atomic mass is 16.5. The zero-order chi connectivity index (χ0) is 15.8. The van der Waals surface area contributed by atoms with Gasteiger partial charge in [0.05, 0.1) is 13.5 Å². The van der Waals surface area contributed by atoms with Crippen LogP contribution in [0.1, 0.15) is 18.1 Å². The van der Waals surface area contributed by atoms with Crippen molar-refractivity contribution in [3.05, 3.63) is 35.4 Å². The largest absolute Gasteiger partial charge is 0.469 e. The van der Waals surface area contributed by atoms with Crippen LogP contribution in [0.15, 0.2) is 24.3 Å². The Balaban J connectivity index is 2.69. The van der Waals surface area contributed by atoms with E-state index < -0.39 is 0 Å². The van der Waals surface area contributed by atoms with Crippen LogP contribution < -0.4 is 5.32 Å². The molecule has 21 heavy (non-hydrogen) atoms. The van der Waals surface area contributed by atoms with E-state index in [9.17, 15) is 9.59 Å². The van der Waals surface area contributed by atoms with Gasteiger partial charge in [0, 0.05) is 26.1 Å². The third-order valence-electron chi connectivity index (χ3n) is 3.40. The molecule has 1 aromatic rings. The van der Waals surface area contributed by atoms with Gasteiger partial charge in [0.1, 0.15) is 0 Å². The molecule has 0 aliphatic carbocycles. The second-order valence-corrected chi connectivity index (χ2v) is 5.23. The van der Waals surface area contributed by atoms with Crippen LogP contribution in [0.25, 0.3) is 0 Å². The molecular formula is C16H24N2O3. The van der Waals surface area contributed by atoms with Crippen molar-refractivity contribution in [1.82, 2.24) is 10.2 Å². The summed E-state index contributed by atoms with van der Waals surface area (Å²) < 4.78 is 4.72. The second-order valence-electron chi connectivity index (χ2n) is 5.23. The number of esters is 1. The fourth-order valence-corrected chi connectivity index (χ4v) is 2.26. The standard InChI is InChI=1S/C16H24N2O3/c1-12(16(20)17-2)10-18(3)11-14-8-6-5-7-13(14)9-15(19)21-4/h5-8,12H,9-11H2,1-4H3,(H,17,20). The molecule has 1 atom stereocenters. The Morgan fingerprint density at radius 2 is 1.90 bits per heavy atom. The van der Waals surface area contributed by atoms with Gasteiger partial charge in [-0.2, -0.15) is 0 Å². The van der Waals surface area contributed by atoms with E-state index in [0.717, 1.165) is 11.1 Å². The summed E-state index contributed by atoms with van der Waals surface area (Å²) >= 11 is 0. The average Bonchev–Trinajstić information content (AvgIpc) is 2.47. The highest BCUT2D eigenvalue weighted by Gasteiger charge is 2.15. The molecule has 5 heteroatoms. The molecule has 0 radical (unpaired) electrons. The lowest BCUT2D eigenvalue weighted by molar-refractivity contribution is -0.139. The Labute approximate surface area is 126 Å². The van der Waals surface area contributed by atoms with E-state index in [-0.39, 0.29) is 24.2 Å². The fraction of sp³-hybridized carbons (Fsp3) is 0.500. The first-order chi connectivity index (χ1) is 9.97. The van der Waals surface area contributed by atoms with Crippen LogP contribution in [-0.2, 0) is 27.3 Å². The number of carbonyl (C=O) groups is 2. The molecule has 0 aliphatic heterocycles. The Bertz CT molecular complexity index is 488. The number of amides is 1. The lowest BCUT2D eigenvalue weighted by Gasteiger charge is -2.21. The molecule has 0 aliphatic rings. The van der Waals surface area contributed by atoms with Crippen molar-refractivity contribution >= 4 is 11.9 Å². The molecular weight excluding hydrogens is 268 g/mol. The first-order valence-corrected chi connectivity index (χ1v) is 7.01. The predicted octanol–water partition coefficient (Wildman–Crippen LogP) is 1.22. The lowest BCUT2D eigenvalue weighted by atomic mass is 10.0. The first kappa shape index (κ1) is 17.2. The van der Waals surface area contributed by atoms with Crippen LogP contribution in [0.3, 0.4) is 0 Å². The highest BCUT2D eigenvalue weighted by Crippen LogP contribution is 2.13. The minimum atomic E-state index is -0.246.